The summed E-state index contributed by atoms with van der Waals surface area (Å²) in [5.74, 6) is 0.0821. The van der Waals surface area contributed by atoms with Crippen LogP contribution in [0.4, 0.5) is 19.0 Å². The van der Waals surface area contributed by atoms with Crippen molar-refractivity contribution in [2.45, 2.75) is 37.6 Å². The molecule has 1 unspecified atom stereocenters. The van der Waals surface area contributed by atoms with Crippen molar-refractivity contribution in [3.05, 3.63) is 53.5 Å². The van der Waals surface area contributed by atoms with E-state index in [-0.39, 0.29) is 17.8 Å². The Bertz CT molecular complexity index is 882. The maximum absolute atomic E-state index is 13.0. The van der Waals surface area contributed by atoms with Crippen LogP contribution in [0, 0.1) is 0 Å². The molecular formula is C20H21F3N4O2. The molecule has 9 heteroatoms. The Labute approximate surface area is 166 Å². The Kier molecular flexibility index (Phi) is 5.40. The highest BCUT2D eigenvalue weighted by molar-refractivity contribution is 5.83. The van der Waals surface area contributed by atoms with Gasteiger partial charge in [0.1, 0.15) is 17.8 Å². The molecule has 0 spiro atoms. The summed E-state index contributed by atoms with van der Waals surface area (Å²) in [6, 6.07) is 8.66. The molecule has 29 heavy (non-hydrogen) atoms. The zero-order valence-electron chi connectivity index (χ0n) is 15.7. The number of ether oxygens (including phenoxy) is 1. The van der Waals surface area contributed by atoms with Crippen LogP contribution < -0.4 is 5.32 Å². The van der Waals surface area contributed by atoms with Crippen LogP contribution in [-0.2, 0) is 22.1 Å². The van der Waals surface area contributed by atoms with Gasteiger partial charge >= 0.3 is 6.18 Å². The second kappa shape index (κ2) is 7.98. The van der Waals surface area contributed by atoms with Crippen molar-refractivity contribution in [1.82, 2.24) is 14.9 Å². The van der Waals surface area contributed by atoms with Crippen molar-refractivity contribution in [2.75, 3.05) is 25.0 Å². The number of nitrogens with one attached hydrogen (secondary N) is 1. The standard InChI is InChI=1S/C20H21F3N4O2/c21-20(22,23)16-11-17(25-12-24-16)26-14-5-8-27(9-6-14)19(28)18-15-4-2-1-3-13(15)7-10-29-18/h1-4,11-12,14,18H,5-10H2,(H,24,25,26). The number of fused-ring (bicyclic) bond motifs is 1. The number of hydrogen-bond donors (Lipinski definition) is 1. The summed E-state index contributed by atoms with van der Waals surface area (Å²) < 4.78 is 44.1. The molecule has 3 heterocycles. The van der Waals surface area contributed by atoms with E-state index < -0.39 is 18.0 Å². The number of anilines is 1. The molecule has 154 valence electrons. The van der Waals surface area contributed by atoms with Gasteiger partial charge in [-0.05, 0) is 30.4 Å². The highest BCUT2D eigenvalue weighted by atomic mass is 19.4. The number of rotatable bonds is 3. The Hall–Kier alpha value is -2.68. The van der Waals surface area contributed by atoms with E-state index in [1.165, 1.54) is 0 Å². The lowest BCUT2D eigenvalue weighted by Gasteiger charge is -2.36. The second-order valence-electron chi connectivity index (χ2n) is 7.23. The lowest BCUT2D eigenvalue weighted by atomic mass is 9.96. The fourth-order valence-corrected chi connectivity index (χ4v) is 3.81. The number of aromatic nitrogens is 2. The highest BCUT2D eigenvalue weighted by Crippen LogP contribution is 2.31. The van der Waals surface area contributed by atoms with Gasteiger partial charge in [0.15, 0.2) is 6.10 Å². The van der Waals surface area contributed by atoms with E-state index in [2.05, 4.69) is 15.3 Å². The average molecular weight is 406 g/mol. The molecule has 0 aliphatic carbocycles. The van der Waals surface area contributed by atoms with E-state index in [9.17, 15) is 18.0 Å². The van der Waals surface area contributed by atoms with Crippen molar-refractivity contribution in [2.24, 2.45) is 0 Å². The molecule has 1 aromatic carbocycles. The van der Waals surface area contributed by atoms with Gasteiger partial charge < -0.3 is 15.0 Å². The smallest absolute Gasteiger partial charge is 0.367 e. The molecule has 4 rings (SSSR count). The first-order valence-electron chi connectivity index (χ1n) is 9.56. The quantitative estimate of drug-likeness (QED) is 0.848. The molecule has 1 N–H and O–H groups in total. The lowest BCUT2D eigenvalue weighted by Crippen LogP contribution is -2.45. The fraction of sp³-hybridized carbons (Fsp3) is 0.450. The van der Waals surface area contributed by atoms with Crippen LogP contribution >= 0.6 is 0 Å². The fourth-order valence-electron chi connectivity index (χ4n) is 3.81. The van der Waals surface area contributed by atoms with Gasteiger partial charge in [-0.3, -0.25) is 4.79 Å². The molecule has 6 nitrogen and oxygen atoms in total. The third-order valence-corrected chi connectivity index (χ3v) is 5.33. The van der Waals surface area contributed by atoms with E-state index in [1.54, 1.807) is 4.90 Å². The lowest BCUT2D eigenvalue weighted by molar-refractivity contribution is -0.146. The Morgan fingerprint density at radius 1 is 1.17 bits per heavy atom. The molecule has 0 saturated carbocycles. The number of carbonyl (C=O) groups is 1. The number of amides is 1. The minimum absolute atomic E-state index is 0.0583. The van der Waals surface area contributed by atoms with Gasteiger partial charge in [-0.1, -0.05) is 24.3 Å². The number of benzene rings is 1. The maximum atomic E-state index is 13.0. The zero-order chi connectivity index (χ0) is 20.4. The average Bonchev–Trinajstić information content (AvgIpc) is 2.73. The Morgan fingerprint density at radius 3 is 2.69 bits per heavy atom. The maximum Gasteiger partial charge on any atom is 0.433 e. The summed E-state index contributed by atoms with van der Waals surface area (Å²) in [5, 5.41) is 3.03. The molecular weight excluding hydrogens is 385 g/mol. The second-order valence-corrected chi connectivity index (χ2v) is 7.23. The molecule has 1 aromatic heterocycles. The molecule has 2 aliphatic heterocycles. The van der Waals surface area contributed by atoms with Gasteiger partial charge in [0.25, 0.3) is 5.91 Å². The van der Waals surface area contributed by atoms with Gasteiger partial charge in [0, 0.05) is 25.2 Å². The van der Waals surface area contributed by atoms with Crippen LogP contribution in [0.2, 0.25) is 0 Å². The van der Waals surface area contributed by atoms with Crippen LogP contribution in [0.1, 0.15) is 35.8 Å². The number of carbonyl (C=O) groups excluding carboxylic acids is 1. The number of piperidine rings is 1. The molecule has 2 aromatic rings. The Morgan fingerprint density at radius 2 is 1.93 bits per heavy atom. The summed E-state index contributed by atoms with van der Waals surface area (Å²) in [6.07, 6.45) is -2.16. The van der Waals surface area contributed by atoms with E-state index in [0.29, 0.717) is 32.5 Å². The van der Waals surface area contributed by atoms with Gasteiger partial charge in [-0.2, -0.15) is 13.2 Å². The van der Waals surface area contributed by atoms with E-state index in [0.717, 1.165) is 29.9 Å². The monoisotopic (exact) mass is 406 g/mol. The van der Waals surface area contributed by atoms with Crippen molar-refractivity contribution in [3.63, 3.8) is 0 Å². The third kappa shape index (κ3) is 4.34. The number of hydrogen-bond acceptors (Lipinski definition) is 5. The van der Waals surface area contributed by atoms with Crippen LogP contribution in [0.3, 0.4) is 0 Å². The summed E-state index contributed by atoms with van der Waals surface area (Å²) in [6.45, 7) is 1.53. The van der Waals surface area contributed by atoms with E-state index in [4.69, 9.17) is 4.74 Å². The largest absolute Gasteiger partial charge is 0.433 e. The van der Waals surface area contributed by atoms with Gasteiger partial charge in [-0.15, -0.1) is 0 Å². The van der Waals surface area contributed by atoms with Crippen LogP contribution in [0.5, 0.6) is 0 Å². The predicted octanol–water partition coefficient (Wildman–Crippen LogP) is 3.21. The molecule has 2 aliphatic rings. The van der Waals surface area contributed by atoms with Crippen LogP contribution in [-0.4, -0.2) is 46.5 Å². The normalized spacial score (nSPS) is 20.2. The molecule has 1 saturated heterocycles. The zero-order valence-corrected chi connectivity index (χ0v) is 15.7. The SMILES string of the molecule is O=C(C1OCCc2ccccc21)N1CCC(Nc2cc(C(F)(F)F)ncn2)CC1. The van der Waals surface area contributed by atoms with Gasteiger partial charge in [-0.25, -0.2) is 9.97 Å². The number of halogens is 3. The first-order valence-corrected chi connectivity index (χ1v) is 9.56. The first kappa shape index (κ1) is 19.6. The number of likely N-dealkylation sites (tertiary alicyclic amines) is 1. The summed E-state index contributed by atoms with van der Waals surface area (Å²) in [4.78, 5) is 21.9. The number of alkyl halides is 3. The summed E-state index contributed by atoms with van der Waals surface area (Å²) >= 11 is 0. The van der Waals surface area contributed by atoms with Crippen molar-refractivity contribution < 1.29 is 22.7 Å². The molecule has 1 fully saturated rings. The van der Waals surface area contributed by atoms with Crippen LogP contribution in [0.25, 0.3) is 0 Å². The van der Waals surface area contributed by atoms with Gasteiger partial charge in [0.2, 0.25) is 0 Å². The number of nitrogens with zero attached hydrogens (tertiary/aromatic N) is 3. The Balaban J connectivity index is 1.36. The topological polar surface area (TPSA) is 67.3 Å². The summed E-state index contributed by atoms with van der Waals surface area (Å²) in [7, 11) is 0. The minimum Gasteiger partial charge on any atom is -0.367 e. The molecule has 0 radical (unpaired) electrons. The molecule has 0 bridgehead atoms. The van der Waals surface area contributed by atoms with Crippen molar-refractivity contribution >= 4 is 11.7 Å². The predicted molar refractivity (Wildman–Crippen MR) is 99.1 cm³/mol. The van der Waals surface area contributed by atoms with E-state index >= 15 is 0 Å². The van der Waals surface area contributed by atoms with Crippen LogP contribution in [0.15, 0.2) is 36.7 Å². The molecule has 1 atom stereocenters. The first-order chi connectivity index (χ1) is 13.9. The minimum atomic E-state index is -4.51. The van der Waals surface area contributed by atoms with Gasteiger partial charge in [0.05, 0.1) is 6.61 Å². The highest BCUT2D eigenvalue weighted by Gasteiger charge is 2.34. The van der Waals surface area contributed by atoms with Crippen molar-refractivity contribution in [1.29, 1.82) is 0 Å². The van der Waals surface area contributed by atoms with E-state index in [1.807, 2.05) is 24.3 Å². The molecule has 1 amide bonds. The van der Waals surface area contributed by atoms with Crippen molar-refractivity contribution in [3.8, 4) is 0 Å². The third-order valence-electron chi connectivity index (χ3n) is 5.33. The summed E-state index contributed by atoms with van der Waals surface area (Å²) in [5.41, 5.74) is 1.08.